The van der Waals surface area contributed by atoms with E-state index in [0.717, 1.165) is 48.1 Å². The summed E-state index contributed by atoms with van der Waals surface area (Å²) in [7, 11) is 1.61. The summed E-state index contributed by atoms with van der Waals surface area (Å²) >= 11 is 0. The van der Waals surface area contributed by atoms with E-state index in [2.05, 4.69) is 13.0 Å². The Morgan fingerprint density at radius 3 is 2.44 bits per heavy atom. The fourth-order valence-corrected chi connectivity index (χ4v) is 5.10. The molecule has 41 heavy (non-hydrogen) atoms. The highest BCUT2D eigenvalue weighted by atomic mass is 19.2. The zero-order chi connectivity index (χ0) is 30.3. The average molecular weight is 577 g/mol. The van der Waals surface area contributed by atoms with E-state index >= 15 is 4.39 Å². The lowest BCUT2D eigenvalue weighted by Crippen LogP contribution is -2.40. The van der Waals surface area contributed by atoms with Gasteiger partial charge in [0.05, 0.1) is 12.6 Å². The van der Waals surface area contributed by atoms with Gasteiger partial charge in [-0.1, -0.05) is 44.5 Å². The van der Waals surface area contributed by atoms with Gasteiger partial charge in [0.1, 0.15) is 5.75 Å². The molecule has 9 heteroatoms. The number of ether oxygens (including phenoxy) is 2. The summed E-state index contributed by atoms with van der Waals surface area (Å²) in [6, 6.07) is 7.74. The first kappa shape index (κ1) is 32.3. The molecule has 1 heterocycles. The molecule has 226 valence electrons. The number of carbonyl (C=O) groups excluding carboxylic acids is 2. The number of urea groups is 1. The maximum Gasteiger partial charge on any atom is 0.349 e. The molecule has 0 radical (unpaired) electrons. The number of benzene rings is 2. The molecule has 0 N–H and O–H groups in total. The standard InChI is InChI=1S/C32H43F3N2O4/c1-7-10-13-23-19-21(15-18-26(23)41-32(4,5)30(38)40-9-3)12-11-14-24-20-37(31(39)36(24)6)29(35)25-17-16-22(8-2)27(33)28(25)34/h15-19,24,29H,7-14,20H2,1-6H3. The zero-order valence-electron chi connectivity index (χ0n) is 25.1. The number of likely N-dealkylation sites (N-methyl/N-ethyl adjacent to an activating group) is 1. The van der Waals surface area contributed by atoms with Gasteiger partial charge in [-0.15, -0.1) is 0 Å². The van der Waals surface area contributed by atoms with Gasteiger partial charge in [-0.05, 0) is 82.1 Å². The van der Waals surface area contributed by atoms with Crippen molar-refractivity contribution in [2.45, 2.75) is 97.5 Å². The predicted molar refractivity (Wildman–Crippen MR) is 153 cm³/mol. The number of hydrogen-bond donors (Lipinski definition) is 0. The molecule has 6 nitrogen and oxygen atoms in total. The molecular formula is C32H43F3N2O4. The highest BCUT2D eigenvalue weighted by Gasteiger charge is 2.40. The van der Waals surface area contributed by atoms with Crippen molar-refractivity contribution in [2.24, 2.45) is 0 Å². The first-order chi connectivity index (χ1) is 19.4. The van der Waals surface area contributed by atoms with Crippen LogP contribution in [0.15, 0.2) is 30.3 Å². The molecule has 1 fully saturated rings. The van der Waals surface area contributed by atoms with E-state index in [-0.39, 0.29) is 31.2 Å². The van der Waals surface area contributed by atoms with Crippen LogP contribution in [0, 0.1) is 11.6 Å². The van der Waals surface area contributed by atoms with E-state index in [9.17, 15) is 18.4 Å². The summed E-state index contributed by atoms with van der Waals surface area (Å²) in [4.78, 5) is 27.6. The molecule has 1 aliphatic heterocycles. The van der Waals surface area contributed by atoms with Crippen molar-refractivity contribution in [1.82, 2.24) is 9.80 Å². The van der Waals surface area contributed by atoms with Crippen LogP contribution in [0.1, 0.15) is 88.9 Å². The van der Waals surface area contributed by atoms with Gasteiger partial charge in [-0.25, -0.2) is 22.8 Å². The Hall–Kier alpha value is -3.23. The second-order valence-electron chi connectivity index (χ2n) is 11.1. The van der Waals surface area contributed by atoms with Gasteiger partial charge in [-0.3, -0.25) is 4.90 Å². The minimum atomic E-state index is -2.07. The molecule has 2 aromatic carbocycles. The van der Waals surface area contributed by atoms with E-state index in [1.807, 2.05) is 12.1 Å². The number of nitrogens with zero attached hydrogens (tertiary/aromatic N) is 2. The molecule has 2 unspecified atom stereocenters. The van der Waals surface area contributed by atoms with E-state index < -0.39 is 41.1 Å². The molecule has 1 aliphatic rings. The summed E-state index contributed by atoms with van der Waals surface area (Å²) in [5, 5.41) is 0. The first-order valence-electron chi connectivity index (χ1n) is 14.6. The maximum absolute atomic E-state index is 15.3. The SMILES string of the molecule is CCCCc1cc(CCCC2CN(C(F)c3ccc(CC)c(F)c3F)C(=O)N2C)ccc1OC(C)(C)C(=O)OCC. The van der Waals surface area contributed by atoms with Crippen LogP contribution in [0.2, 0.25) is 0 Å². The normalized spacial score (nSPS) is 16.3. The number of aryl methyl sites for hydroxylation is 3. The minimum absolute atomic E-state index is 0.0879. The molecule has 3 rings (SSSR count). The van der Waals surface area contributed by atoms with Crippen molar-refractivity contribution >= 4 is 12.0 Å². The van der Waals surface area contributed by atoms with Gasteiger partial charge in [0.2, 0.25) is 6.30 Å². The Morgan fingerprint density at radius 1 is 1.05 bits per heavy atom. The second-order valence-corrected chi connectivity index (χ2v) is 11.1. The number of rotatable bonds is 14. The van der Waals surface area contributed by atoms with Gasteiger partial charge in [-0.2, -0.15) is 0 Å². The molecule has 2 atom stereocenters. The van der Waals surface area contributed by atoms with Crippen molar-refractivity contribution in [2.75, 3.05) is 20.2 Å². The molecule has 2 aromatic rings. The van der Waals surface area contributed by atoms with Gasteiger partial charge in [0.25, 0.3) is 0 Å². The number of esters is 1. The fourth-order valence-electron chi connectivity index (χ4n) is 5.10. The average Bonchev–Trinajstić information content (AvgIpc) is 3.22. The molecule has 0 spiro atoms. The van der Waals surface area contributed by atoms with Crippen LogP contribution in [0.4, 0.5) is 18.0 Å². The lowest BCUT2D eigenvalue weighted by Gasteiger charge is -2.26. The molecule has 0 bridgehead atoms. The monoisotopic (exact) mass is 576 g/mol. The number of amides is 2. The summed E-state index contributed by atoms with van der Waals surface area (Å²) in [5.74, 6) is -2.08. The molecule has 1 saturated heterocycles. The third-order valence-corrected chi connectivity index (χ3v) is 7.67. The lowest BCUT2D eigenvalue weighted by atomic mass is 9.99. The predicted octanol–water partition coefficient (Wildman–Crippen LogP) is 7.32. The van der Waals surface area contributed by atoms with Crippen LogP contribution in [0.3, 0.4) is 0 Å². The Kier molecular flexibility index (Phi) is 11.1. The van der Waals surface area contributed by atoms with Crippen LogP contribution in [-0.2, 0) is 28.8 Å². The Labute approximate surface area is 241 Å². The van der Waals surface area contributed by atoms with Crippen molar-refractivity contribution in [3.05, 3.63) is 64.2 Å². The van der Waals surface area contributed by atoms with Crippen molar-refractivity contribution in [1.29, 1.82) is 0 Å². The first-order valence-corrected chi connectivity index (χ1v) is 14.6. The zero-order valence-corrected chi connectivity index (χ0v) is 25.1. The van der Waals surface area contributed by atoms with E-state index in [0.29, 0.717) is 12.2 Å². The Bertz CT molecular complexity index is 1220. The molecule has 0 aliphatic carbocycles. The van der Waals surface area contributed by atoms with Gasteiger partial charge < -0.3 is 14.4 Å². The van der Waals surface area contributed by atoms with Gasteiger partial charge in [0, 0.05) is 19.2 Å². The third-order valence-electron chi connectivity index (χ3n) is 7.67. The molecule has 0 aromatic heterocycles. The van der Waals surface area contributed by atoms with Crippen molar-refractivity contribution in [3.63, 3.8) is 0 Å². The van der Waals surface area contributed by atoms with E-state index in [4.69, 9.17) is 9.47 Å². The highest BCUT2D eigenvalue weighted by Crippen LogP contribution is 2.33. The number of hydrogen-bond acceptors (Lipinski definition) is 4. The number of carbonyl (C=O) groups is 2. The summed E-state index contributed by atoms with van der Waals surface area (Å²) in [6.07, 6.45) is 3.10. The smallest absolute Gasteiger partial charge is 0.349 e. The molecule has 2 amide bonds. The van der Waals surface area contributed by atoms with Gasteiger partial charge >= 0.3 is 12.0 Å². The lowest BCUT2D eigenvalue weighted by molar-refractivity contribution is -0.158. The summed E-state index contributed by atoms with van der Waals surface area (Å²) in [6.45, 7) is 9.31. The highest BCUT2D eigenvalue weighted by molar-refractivity contribution is 5.79. The van der Waals surface area contributed by atoms with Crippen LogP contribution in [0.25, 0.3) is 0 Å². The molecule has 0 saturated carbocycles. The van der Waals surface area contributed by atoms with E-state index in [1.165, 1.54) is 17.0 Å². The molecular weight excluding hydrogens is 533 g/mol. The second kappa shape index (κ2) is 14.1. The van der Waals surface area contributed by atoms with Crippen LogP contribution in [0.5, 0.6) is 5.75 Å². The summed E-state index contributed by atoms with van der Waals surface area (Å²) < 4.78 is 55.4. The number of halogens is 3. The summed E-state index contributed by atoms with van der Waals surface area (Å²) in [5.41, 5.74) is 0.699. The quantitative estimate of drug-likeness (QED) is 0.175. The van der Waals surface area contributed by atoms with Crippen molar-refractivity contribution in [3.8, 4) is 5.75 Å². The van der Waals surface area contributed by atoms with Crippen LogP contribution >= 0.6 is 0 Å². The Morgan fingerprint density at radius 2 is 1.78 bits per heavy atom. The van der Waals surface area contributed by atoms with Crippen LogP contribution < -0.4 is 4.74 Å². The number of alkyl halides is 1. The van der Waals surface area contributed by atoms with Crippen molar-refractivity contribution < 1.29 is 32.2 Å². The van der Waals surface area contributed by atoms with Crippen LogP contribution in [-0.4, -0.2) is 53.6 Å². The topological polar surface area (TPSA) is 59.1 Å². The third kappa shape index (κ3) is 7.54. The largest absolute Gasteiger partial charge is 0.476 e. The minimum Gasteiger partial charge on any atom is -0.476 e. The van der Waals surface area contributed by atoms with E-state index in [1.54, 1.807) is 34.7 Å². The van der Waals surface area contributed by atoms with Gasteiger partial charge in [0.15, 0.2) is 17.2 Å². The number of unbranched alkanes of at least 4 members (excludes halogenated alkanes) is 1. The maximum atomic E-state index is 15.3. The Balaban J connectivity index is 1.65. The fraction of sp³-hybridized carbons (Fsp3) is 0.562.